The van der Waals surface area contributed by atoms with Crippen molar-refractivity contribution in [1.29, 1.82) is 0 Å². The summed E-state index contributed by atoms with van der Waals surface area (Å²) in [5.74, 6) is -0.296. The van der Waals surface area contributed by atoms with Gasteiger partial charge in [-0.25, -0.2) is 4.79 Å². The summed E-state index contributed by atoms with van der Waals surface area (Å²) in [6, 6.07) is 12.6. The Kier molecular flexibility index (Phi) is 10.7. The average molecular weight is 759 g/mol. The monoisotopic (exact) mass is 756 g/mol. The second-order valence-corrected chi connectivity index (χ2v) is 15.2. The number of anilines is 1. The molecule has 1 N–H and O–H groups in total. The molecule has 2 aromatic rings. The number of nitrogens with zero attached hydrogens (tertiary/aromatic N) is 5. The summed E-state index contributed by atoms with van der Waals surface area (Å²) in [4.78, 5) is 51.6. The third-order valence-electron chi connectivity index (χ3n) is 10.5. The van der Waals surface area contributed by atoms with E-state index in [-0.39, 0.29) is 30.3 Å². The highest BCUT2D eigenvalue weighted by atomic mass is 79.9. The lowest BCUT2D eigenvalue weighted by Gasteiger charge is -2.43. The second-order valence-electron chi connectivity index (χ2n) is 13.5. The quantitative estimate of drug-likeness (QED) is 0.413. The van der Waals surface area contributed by atoms with Crippen molar-refractivity contribution in [2.75, 3.05) is 64.7 Å². The maximum Gasteiger partial charge on any atom is 0.322 e. The van der Waals surface area contributed by atoms with Gasteiger partial charge in [-0.1, -0.05) is 50.1 Å². The van der Waals surface area contributed by atoms with Gasteiger partial charge in [0.25, 0.3) is 0 Å². The minimum atomic E-state index is -0.420. The number of hydrogen-bond acceptors (Lipinski definition) is 5. The molecule has 4 aliphatic rings. The number of benzene rings is 2. The summed E-state index contributed by atoms with van der Waals surface area (Å²) >= 11 is 7.35. The van der Waals surface area contributed by atoms with Crippen LogP contribution >= 0.6 is 31.9 Å². The Labute approximate surface area is 289 Å². The number of para-hydroxylation sites is 1. The molecule has 248 valence electrons. The van der Waals surface area contributed by atoms with Crippen molar-refractivity contribution in [3.63, 3.8) is 0 Å². The predicted molar refractivity (Wildman–Crippen MR) is 188 cm³/mol. The van der Waals surface area contributed by atoms with Crippen LogP contribution in [0.5, 0.6) is 0 Å². The van der Waals surface area contributed by atoms with Crippen molar-refractivity contribution in [3.05, 3.63) is 62.0 Å². The summed E-state index contributed by atoms with van der Waals surface area (Å²) in [7, 11) is 2.18. The Hall–Kier alpha value is -2.47. The first kappa shape index (κ1) is 33.4. The second kappa shape index (κ2) is 14.7. The van der Waals surface area contributed by atoms with Gasteiger partial charge in [0, 0.05) is 92.0 Å². The van der Waals surface area contributed by atoms with Crippen LogP contribution in [0.15, 0.2) is 45.3 Å². The number of fused-ring (bicyclic) bond motifs is 1. The van der Waals surface area contributed by atoms with E-state index in [0.717, 1.165) is 96.3 Å². The average Bonchev–Trinajstić information content (AvgIpc) is 3.06. The molecule has 1 unspecified atom stereocenters. The largest absolute Gasteiger partial charge is 0.343 e. The highest BCUT2D eigenvalue weighted by molar-refractivity contribution is 9.11. The van der Waals surface area contributed by atoms with Crippen molar-refractivity contribution in [2.24, 2.45) is 5.92 Å². The first-order valence-electron chi connectivity index (χ1n) is 16.8. The molecule has 6 rings (SSSR count). The van der Waals surface area contributed by atoms with E-state index in [2.05, 4.69) is 72.2 Å². The van der Waals surface area contributed by atoms with Gasteiger partial charge in [0.05, 0.1) is 5.92 Å². The van der Waals surface area contributed by atoms with Crippen LogP contribution in [0.3, 0.4) is 0 Å². The highest BCUT2D eigenvalue weighted by Crippen LogP contribution is 2.31. The Morgan fingerprint density at radius 2 is 1.48 bits per heavy atom. The fraction of sp³-hybridized carbons (Fsp3) is 0.571. The standard InChI is InChI=1S/C35H46Br2N6O3/c1-24-30(36)20-25(21-31(24)37)19-27(34(45)42-13-7-28(8-14-42)40-17-15-39(2)16-18-40)22-33(44)41-11-9-29(10-12-41)43-23-26-5-3-4-6-32(26)38-35(43)46/h3-6,20-21,27-29H,7-19,22-23H2,1-2H3,(H,38,46). The summed E-state index contributed by atoms with van der Waals surface area (Å²) in [6.45, 7) is 9.69. The maximum absolute atomic E-state index is 14.1. The Morgan fingerprint density at radius 1 is 0.870 bits per heavy atom. The summed E-state index contributed by atoms with van der Waals surface area (Å²) < 4.78 is 1.99. The van der Waals surface area contributed by atoms with E-state index in [1.54, 1.807) is 0 Å². The number of carbonyl (C=O) groups excluding carboxylic acids is 3. The zero-order valence-corrected chi connectivity index (χ0v) is 30.2. The molecule has 0 spiro atoms. The van der Waals surface area contributed by atoms with Gasteiger partial charge in [0.2, 0.25) is 11.8 Å². The molecule has 3 fully saturated rings. The molecule has 4 amide bonds. The lowest BCUT2D eigenvalue weighted by atomic mass is 9.91. The van der Waals surface area contributed by atoms with Crippen LogP contribution in [0.1, 0.15) is 48.8 Å². The van der Waals surface area contributed by atoms with Crippen LogP contribution in [-0.4, -0.2) is 114 Å². The third-order valence-corrected chi connectivity index (χ3v) is 12.2. The molecular formula is C35H46Br2N6O3. The van der Waals surface area contributed by atoms with Gasteiger partial charge in [-0.15, -0.1) is 0 Å². The number of halogens is 2. The number of likely N-dealkylation sites (N-methyl/N-ethyl adjacent to an activating group) is 1. The Balaban J connectivity index is 1.09. The molecule has 0 aliphatic carbocycles. The smallest absolute Gasteiger partial charge is 0.322 e. The van der Waals surface area contributed by atoms with Crippen molar-refractivity contribution in [1.82, 2.24) is 24.5 Å². The molecule has 46 heavy (non-hydrogen) atoms. The summed E-state index contributed by atoms with van der Waals surface area (Å²) in [5, 5.41) is 3.02. The van der Waals surface area contributed by atoms with Gasteiger partial charge in [-0.2, -0.15) is 0 Å². The molecule has 2 aromatic carbocycles. The van der Waals surface area contributed by atoms with Gasteiger partial charge in [-0.3, -0.25) is 14.5 Å². The molecule has 11 heteroatoms. The highest BCUT2D eigenvalue weighted by Gasteiger charge is 2.36. The lowest BCUT2D eigenvalue weighted by molar-refractivity contribution is -0.143. The molecule has 0 bridgehead atoms. The fourth-order valence-corrected chi connectivity index (χ4v) is 8.81. The minimum absolute atomic E-state index is 0.0304. The molecule has 3 saturated heterocycles. The van der Waals surface area contributed by atoms with E-state index in [0.29, 0.717) is 32.1 Å². The first-order valence-corrected chi connectivity index (χ1v) is 18.3. The summed E-state index contributed by atoms with van der Waals surface area (Å²) in [6.07, 6.45) is 4.15. The first-order chi connectivity index (χ1) is 22.2. The molecule has 0 saturated carbocycles. The molecular weight excluding hydrogens is 712 g/mol. The third kappa shape index (κ3) is 7.63. The fourth-order valence-electron chi connectivity index (χ4n) is 7.53. The van der Waals surface area contributed by atoms with Gasteiger partial charge in [0.1, 0.15) is 0 Å². The van der Waals surface area contributed by atoms with E-state index >= 15 is 0 Å². The van der Waals surface area contributed by atoms with Gasteiger partial charge in [0.15, 0.2) is 0 Å². The molecule has 0 aromatic heterocycles. The minimum Gasteiger partial charge on any atom is -0.343 e. The summed E-state index contributed by atoms with van der Waals surface area (Å²) in [5.41, 5.74) is 4.15. The van der Waals surface area contributed by atoms with E-state index in [1.807, 2.05) is 39.8 Å². The van der Waals surface area contributed by atoms with Gasteiger partial charge >= 0.3 is 6.03 Å². The molecule has 9 nitrogen and oxygen atoms in total. The van der Waals surface area contributed by atoms with E-state index < -0.39 is 5.92 Å². The Morgan fingerprint density at radius 3 is 2.15 bits per heavy atom. The number of amides is 4. The SMILES string of the molecule is Cc1c(Br)cc(CC(CC(=O)N2CCC(N3Cc4ccccc4NC3=O)CC2)C(=O)N2CCC(N3CCN(C)CC3)CC2)cc1Br. The van der Waals surface area contributed by atoms with Crippen molar-refractivity contribution in [2.45, 2.75) is 64.1 Å². The molecule has 0 radical (unpaired) electrons. The molecule has 4 heterocycles. The van der Waals surface area contributed by atoms with Crippen molar-refractivity contribution >= 4 is 55.4 Å². The maximum atomic E-state index is 14.1. The van der Waals surface area contributed by atoms with Crippen LogP contribution in [0, 0.1) is 12.8 Å². The molecule has 1 atom stereocenters. The topological polar surface area (TPSA) is 79.4 Å². The van der Waals surface area contributed by atoms with Crippen LogP contribution < -0.4 is 5.32 Å². The van der Waals surface area contributed by atoms with E-state index in [1.165, 1.54) is 0 Å². The normalized spacial score (nSPS) is 21.2. The Bertz CT molecular complexity index is 1410. The number of hydrogen-bond donors (Lipinski definition) is 1. The van der Waals surface area contributed by atoms with E-state index in [4.69, 9.17) is 0 Å². The van der Waals surface area contributed by atoms with Crippen molar-refractivity contribution in [3.8, 4) is 0 Å². The number of urea groups is 1. The molecule has 4 aliphatic heterocycles. The zero-order valence-electron chi connectivity index (χ0n) is 27.0. The zero-order chi connectivity index (χ0) is 32.4. The number of rotatable bonds is 7. The van der Waals surface area contributed by atoms with E-state index in [9.17, 15) is 14.4 Å². The number of carbonyl (C=O) groups is 3. The van der Waals surface area contributed by atoms with Gasteiger partial charge < -0.3 is 24.9 Å². The number of nitrogens with one attached hydrogen (secondary N) is 1. The van der Waals surface area contributed by atoms with Crippen LogP contribution in [0.25, 0.3) is 0 Å². The van der Waals surface area contributed by atoms with Gasteiger partial charge in [-0.05, 0) is 81.0 Å². The number of likely N-dealkylation sites (tertiary alicyclic amines) is 2. The number of piperazine rings is 1. The lowest BCUT2D eigenvalue weighted by Crippen LogP contribution is -2.54. The predicted octanol–water partition coefficient (Wildman–Crippen LogP) is 5.35. The number of piperidine rings is 2. The van der Waals surface area contributed by atoms with Crippen LogP contribution in [0.2, 0.25) is 0 Å². The van der Waals surface area contributed by atoms with Crippen LogP contribution in [0.4, 0.5) is 10.5 Å². The van der Waals surface area contributed by atoms with Crippen molar-refractivity contribution < 1.29 is 14.4 Å². The van der Waals surface area contributed by atoms with Crippen LogP contribution in [-0.2, 0) is 22.6 Å².